The number of hydrogen-bond acceptors (Lipinski definition) is 3. The minimum absolute atomic E-state index is 0.644. The van der Waals surface area contributed by atoms with Gasteiger partial charge in [-0.25, -0.2) is 4.98 Å². The van der Waals surface area contributed by atoms with Crippen LogP contribution in [-0.4, -0.2) is 33.2 Å². The minimum atomic E-state index is 0.644. The SMILES string of the molecule is COc1ccc(NC(=S)N(CCCn2ccnc2)Cc2ccccc2Cl)cc1. The normalized spacial score (nSPS) is 10.5. The number of imidazole rings is 1. The van der Waals surface area contributed by atoms with Gasteiger partial charge in [0.15, 0.2) is 5.11 Å². The Labute approximate surface area is 175 Å². The first-order valence-corrected chi connectivity index (χ1v) is 9.83. The van der Waals surface area contributed by atoms with Gasteiger partial charge in [-0.2, -0.15) is 0 Å². The van der Waals surface area contributed by atoms with Crippen LogP contribution in [0.1, 0.15) is 12.0 Å². The quantitative estimate of drug-likeness (QED) is 0.534. The zero-order chi connectivity index (χ0) is 19.8. The Morgan fingerprint density at radius 2 is 2.00 bits per heavy atom. The van der Waals surface area contributed by atoms with E-state index in [0.29, 0.717) is 11.7 Å². The van der Waals surface area contributed by atoms with Crippen LogP contribution >= 0.6 is 23.8 Å². The molecule has 1 aromatic heterocycles. The maximum atomic E-state index is 6.37. The van der Waals surface area contributed by atoms with Crippen molar-refractivity contribution in [2.24, 2.45) is 0 Å². The summed E-state index contributed by atoms with van der Waals surface area (Å²) in [6, 6.07) is 15.6. The van der Waals surface area contributed by atoms with E-state index in [0.717, 1.165) is 41.5 Å². The number of rotatable bonds is 8. The van der Waals surface area contributed by atoms with Crippen molar-refractivity contribution >= 4 is 34.6 Å². The molecule has 1 heterocycles. The van der Waals surface area contributed by atoms with E-state index in [2.05, 4.69) is 19.8 Å². The van der Waals surface area contributed by atoms with Crippen LogP contribution in [-0.2, 0) is 13.1 Å². The summed E-state index contributed by atoms with van der Waals surface area (Å²) in [6.45, 7) is 2.32. The molecule has 0 fully saturated rings. The summed E-state index contributed by atoms with van der Waals surface area (Å²) in [5, 5.41) is 4.72. The molecule has 0 bridgehead atoms. The second kappa shape index (κ2) is 10.1. The zero-order valence-electron chi connectivity index (χ0n) is 15.7. The lowest BCUT2D eigenvalue weighted by molar-refractivity contribution is 0.396. The molecular formula is C21H23ClN4OS. The van der Waals surface area contributed by atoms with Crippen molar-refractivity contribution in [1.29, 1.82) is 0 Å². The molecule has 0 atom stereocenters. The van der Waals surface area contributed by atoms with Gasteiger partial charge in [0, 0.05) is 42.7 Å². The number of nitrogens with zero attached hydrogens (tertiary/aromatic N) is 3. The van der Waals surface area contributed by atoms with Gasteiger partial charge in [-0.1, -0.05) is 29.8 Å². The molecule has 0 aliphatic carbocycles. The van der Waals surface area contributed by atoms with Gasteiger partial charge in [-0.15, -0.1) is 0 Å². The Bertz CT molecular complexity index is 884. The van der Waals surface area contributed by atoms with Crippen molar-refractivity contribution in [2.45, 2.75) is 19.5 Å². The molecule has 0 aliphatic rings. The average molecular weight is 415 g/mol. The number of hydrogen-bond donors (Lipinski definition) is 1. The molecule has 7 heteroatoms. The fourth-order valence-corrected chi connectivity index (χ4v) is 3.29. The molecule has 3 rings (SSSR count). The maximum Gasteiger partial charge on any atom is 0.173 e. The van der Waals surface area contributed by atoms with Gasteiger partial charge < -0.3 is 19.5 Å². The molecular weight excluding hydrogens is 392 g/mol. The van der Waals surface area contributed by atoms with Crippen molar-refractivity contribution in [2.75, 3.05) is 19.0 Å². The first kappa shape index (κ1) is 20.2. The summed E-state index contributed by atoms with van der Waals surface area (Å²) in [6.07, 6.45) is 6.52. The van der Waals surface area contributed by atoms with Gasteiger partial charge in [0.25, 0.3) is 0 Å². The summed E-state index contributed by atoms with van der Waals surface area (Å²) >= 11 is 12.1. The van der Waals surface area contributed by atoms with Gasteiger partial charge in [-0.05, 0) is 54.5 Å². The first-order chi connectivity index (χ1) is 13.7. The van der Waals surface area contributed by atoms with Crippen molar-refractivity contribution in [1.82, 2.24) is 14.5 Å². The van der Waals surface area contributed by atoms with Crippen molar-refractivity contribution in [3.05, 3.63) is 77.8 Å². The predicted molar refractivity (Wildman–Crippen MR) is 118 cm³/mol. The number of methoxy groups -OCH3 is 1. The van der Waals surface area contributed by atoms with Crippen molar-refractivity contribution in [3.8, 4) is 5.75 Å². The second-order valence-electron chi connectivity index (χ2n) is 6.33. The van der Waals surface area contributed by atoms with Crippen molar-refractivity contribution < 1.29 is 4.74 Å². The number of aryl methyl sites for hydroxylation is 1. The molecule has 2 aromatic carbocycles. The summed E-state index contributed by atoms with van der Waals surface area (Å²) in [5.74, 6) is 0.810. The number of ether oxygens (including phenoxy) is 1. The standard InChI is InChI=1S/C21H23ClN4OS/c1-27-19-9-7-18(8-10-19)24-21(28)26(13-4-12-25-14-11-23-16-25)15-17-5-2-3-6-20(17)22/h2-3,5-11,14,16H,4,12-13,15H2,1H3,(H,24,28). The molecule has 5 nitrogen and oxygen atoms in total. The largest absolute Gasteiger partial charge is 0.497 e. The molecule has 0 spiro atoms. The number of halogens is 1. The van der Waals surface area contributed by atoms with Gasteiger partial charge in [-0.3, -0.25) is 0 Å². The van der Waals surface area contributed by atoms with Crippen molar-refractivity contribution in [3.63, 3.8) is 0 Å². The number of nitrogens with one attached hydrogen (secondary N) is 1. The topological polar surface area (TPSA) is 42.3 Å². The summed E-state index contributed by atoms with van der Waals surface area (Å²) in [4.78, 5) is 6.22. The van der Waals surface area contributed by atoms with E-state index in [1.165, 1.54) is 0 Å². The number of aromatic nitrogens is 2. The molecule has 1 N–H and O–H groups in total. The molecule has 0 saturated carbocycles. The molecule has 3 aromatic rings. The Balaban J connectivity index is 1.67. The first-order valence-electron chi connectivity index (χ1n) is 9.05. The number of benzene rings is 2. The molecule has 28 heavy (non-hydrogen) atoms. The summed E-state index contributed by atoms with van der Waals surface area (Å²) in [5.41, 5.74) is 1.97. The van der Waals surface area contributed by atoms with Gasteiger partial charge >= 0.3 is 0 Å². The average Bonchev–Trinajstić information content (AvgIpc) is 3.23. The molecule has 146 valence electrons. The number of anilines is 1. The van der Waals surface area contributed by atoms with Crippen LogP contribution in [0.5, 0.6) is 5.75 Å². The molecule has 0 saturated heterocycles. The van der Waals surface area contributed by atoms with E-state index in [1.54, 1.807) is 13.3 Å². The van der Waals surface area contributed by atoms with Crippen LogP contribution in [0, 0.1) is 0 Å². The lowest BCUT2D eigenvalue weighted by Crippen LogP contribution is -2.35. The molecule has 0 unspecified atom stereocenters. The van der Waals surface area contributed by atoms with E-state index in [9.17, 15) is 0 Å². The van der Waals surface area contributed by atoms with Crippen LogP contribution in [0.4, 0.5) is 5.69 Å². The summed E-state index contributed by atoms with van der Waals surface area (Å²) in [7, 11) is 1.65. The Kier molecular flexibility index (Phi) is 7.28. The Hall–Kier alpha value is -2.57. The van der Waals surface area contributed by atoms with E-state index < -0.39 is 0 Å². The third kappa shape index (κ3) is 5.71. The third-order valence-electron chi connectivity index (χ3n) is 4.35. The maximum absolute atomic E-state index is 6.37. The van der Waals surface area contributed by atoms with E-state index in [4.69, 9.17) is 28.6 Å². The van der Waals surface area contributed by atoms with Gasteiger partial charge in [0.05, 0.1) is 13.4 Å². The van der Waals surface area contributed by atoms with Crippen LogP contribution in [0.25, 0.3) is 0 Å². The van der Waals surface area contributed by atoms with E-state index in [1.807, 2.05) is 61.1 Å². The lowest BCUT2D eigenvalue weighted by Gasteiger charge is -2.26. The third-order valence-corrected chi connectivity index (χ3v) is 5.08. The number of thiocarbonyl (C=S) groups is 1. The van der Waals surface area contributed by atoms with Crippen LogP contribution in [0.15, 0.2) is 67.3 Å². The molecule has 0 radical (unpaired) electrons. The highest BCUT2D eigenvalue weighted by molar-refractivity contribution is 7.80. The highest BCUT2D eigenvalue weighted by Crippen LogP contribution is 2.19. The Morgan fingerprint density at radius 1 is 1.21 bits per heavy atom. The second-order valence-corrected chi connectivity index (χ2v) is 7.12. The van der Waals surface area contributed by atoms with Crippen LogP contribution in [0.3, 0.4) is 0 Å². The Morgan fingerprint density at radius 3 is 2.68 bits per heavy atom. The van der Waals surface area contributed by atoms with Gasteiger partial charge in [0.1, 0.15) is 5.75 Å². The fraction of sp³-hybridized carbons (Fsp3) is 0.238. The van der Waals surface area contributed by atoms with Crippen LogP contribution in [0.2, 0.25) is 5.02 Å². The van der Waals surface area contributed by atoms with E-state index in [-0.39, 0.29) is 0 Å². The van der Waals surface area contributed by atoms with Crippen LogP contribution < -0.4 is 10.1 Å². The predicted octanol–water partition coefficient (Wildman–Crippen LogP) is 4.83. The zero-order valence-corrected chi connectivity index (χ0v) is 17.3. The highest BCUT2D eigenvalue weighted by atomic mass is 35.5. The monoisotopic (exact) mass is 414 g/mol. The fourth-order valence-electron chi connectivity index (χ4n) is 2.82. The summed E-state index contributed by atoms with van der Waals surface area (Å²) < 4.78 is 7.27. The lowest BCUT2D eigenvalue weighted by atomic mass is 10.2. The molecule has 0 amide bonds. The molecule has 0 aliphatic heterocycles. The van der Waals surface area contributed by atoms with Gasteiger partial charge in [0.2, 0.25) is 0 Å². The smallest absolute Gasteiger partial charge is 0.173 e. The highest BCUT2D eigenvalue weighted by Gasteiger charge is 2.12. The minimum Gasteiger partial charge on any atom is -0.497 e. The van der Waals surface area contributed by atoms with E-state index >= 15 is 0 Å².